The van der Waals surface area contributed by atoms with Gasteiger partial charge in [0.25, 0.3) is 0 Å². The first-order valence-corrected chi connectivity index (χ1v) is 6.79. The maximum absolute atomic E-state index is 2.22. The number of hydrogen-bond donors (Lipinski definition) is 0. The van der Waals surface area contributed by atoms with Gasteiger partial charge in [-0.3, -0.25) is 0 Å². The molecule has 3 aromatic rings. The summed E-state index contributed by atoms with van der Waals surface area (Å²) in [5.41, 5.74) is 2.78. The van der Waals surface area contributed by atoms with E-state index >= 15 is 0 Å². The summed E-state index contributed by atoms with van der Waals surface area (Å²) in [6.45, 7) is 4.30. The van der Waals surface area contributed by atoms with Gasteiger partial charge < -0.3 is 0 Å². The van der Waals surface area contributed by atoms with Gasteiger partial charge in [0.2, 0.25) is 0 Å². The molecule has 0 aliphatic rings. The second kappa shape index (κ2) is 6.75. The highest BCUT2D eigenvalue weighted by atomic mass is 13.9. The molecule has 0 saturated heterocycles. The van der Waals surface area contributed by atoms with Crippen molar-refractivity contribution in [3.05, 3.63) is 83.9 Å². The van der Waals surface area contributed by atoms with Crippen LogP contribution in [0, 0.1) is 6.92 Å². The average Bonchev–Trinajstić information content (AvgIpc) is 2.48. The molecular formula is C19H20. The molecule has 0 nitrogen and oxygen atoms in total. The Labute approximate surface area is 115 Å². The topological polar surface area (TPSA) is 0 Å². The highest BCUT2D eigenvalue weighted by Crippen LogP contribution is 2.11. The average molecular weight is 248 g/mol. The van der Waals surface area contributed by atoms with E-state index in [1.807, 2.05) is 0 Å². The predicted octanol–water partition coefficient (Wildman–Crippen LogP) is 5.40. The summed E-state index contributed by atoms with van der Waals surface area (Å²) in [6, 6.07) is 25.3. The Bertz CT molecular complexity index is 573. The van der Waals surface area contributed by atoms with Crippen molar-refractivity contribution in [3.63, 3.8) is 0 Å². The van der Waals surface area contributed by atoms with Gasteiger partial charge in [-0.15, -0.1) is 0 Å². The molecule has 0 aliphatic heterocycles. The van der Waals surface area contributed by atoms with E-state index in [4.69, 9.17) is 0 Å². The van der Waals surface area contributed by atoms with Crippen LogP contribution >= 0.6 is 0 Å². The van der Waals surface area contributed by atoms with Crippen molar-refractivity contribution in [2.24, 2.45) is 0 Å². The van der Waals surface area contributed by atoms with E-state index in [0.717, 1.165) is 6.42 Å². The van der Waals surface area contributed by atoms with Crippen molar-refractivity contribution in [2.75, 3.05) is 0 Å². The Hall–Kier alpha value is -2.08. The fourth-order valence-corrected chi connectivity index (χ4v) is 2.06. The van der Waals surface area contributed by atoms with Gasteiger partial charge in [-0.05, 0) is 29.7 Å². The molecule has 19 heavy (non-hydrogen) atoms. The zero-order valence-electron chi connectivity index (χ0n) is 11.6. The number of benzene rings is 3. The van der Waals surface area contributed by atoms with Crippen LogP contribution in [0.4, 0.5) is 0 Å². The Morgan fingerprint density at radius 3 is 1.58 bits per heavy atom. The van der Waals surface area contributed by atoms with E-state index in [-0.39, 0.29) is 0 Å². The van der Waals surface area contributed by atoms with Crippen LogP contribution in [0.25, 0.3) is 10.8 Å². The fraction of sp³-hybridized carbons (Fsp3) is 0.158. The second-order valence-corrected chi connectivity index (χ2v) is 4.69. The number of aryl methyl sites for hydroxylation is 2. The first-order chi connectivity index (χ1) is 9.29. The molecule has 0 saturated carbocycles. The summed E-state index contributed by atoms with van der Waals surface area (Å²) in [6.07, 6.45) is 1.14. The summed E-state index contributed by atoms with van der Waals surface area (Å²) in [7, 11) is 0. The highest BCUT2D eigenvalue weighted by Gasteiger charge is 1.86. The molecular weight excluding hydrogens is 228 g/mol. The van der Waals surface area contributed by atoms with Crippen LogP contribution in [-0.2, 0) is 6.42 Å². The zero-order valence-corrected chi connectivity index (χ0v) is 11.6. The summed E-state index contributed by atoms with van der Waals surface area (Å²) in [4.78, 5) is 0. The van der Waals surface area contributed by atoms with E-state index in [1.54, 1.807) is 0 Å². The van der Waals surface area contributed by atoms with Crippen molar-refractivity contribution in [2.45, 2.75) is 20.3 Å². The molecule has 0 heterocycles. The van der Waals surface area contributed by atoms with Gasteiger partial charge in [0.05, 0.1) is 0 Å². The maximum atomic E-state index is 2.22. The van der Waals surface area contributed by atoms with Crippen LogP contribution in [0.3, 0.4) is 0 Å². The normalized spacial score (nSPS) is 9.79. The number of rotatable bonds is 1. The predicted molar refractivity (Wildman–Crippen MR) is 84.5 cm³/mol. The van der Waals surface area contributed by atoms with Crippen molar-refractivity contribution in [1.82, 2.24) is 0 Å². The molecule has 96 valence electrons. The molecule has 0 N–H and O–H groups in total. The van der Waals surface area contributed by atoms with Gasteiger partial charge in [-0.2, -0.15) is 0 Å². The van der Waals surface area contributed by atoms with Crippen LogP contribution in [0.1, 0.15) is 18.1 Å². The minimum absolute atomic E-state index is 1.14. The third kappa shape index (κ3) is 3.96. The molecule has 0 amide bonds. The SMILES string of the molecule is CCc1cccc(C)c1.c1ccc2ccccc2c1. The molecule has 3 rings (SSSR count). The van der Waals surface area contributed by atoms with Crippen LogP contribution in [0.2, 0.25) is 0 Å². The van der Waals surface area contributed by atoms with Gasteiger partial charge in [-0.1, -0.05) is 85.3 Å². The Morgan fingerprint density at radius 1 is 0.684 bits per heavy atom. The molecule has 0 aromatic heterocycles. The van der Waals surface area contributed by atoms with E-state index in [2.05, 4.69) is 86.6 Å². The molecule has 0 radical (unpaired) electrons. The van der Waals surface area contributed by atoms with Gasteiger partial charge in [0.15, 0.2) is 0 Å². The molecule has 0 unspecified atom stereocenters. The maximum Gasteiger partial charge on any atom is -0.0184 e. The van der Waals surface area contributed by atoms with Gasteiger partial charge in [0.1, 0.15) is 0 Å². The molecule has 0 aliphatic carbocycles. The third-order valence-corrected chi connectivity index (χ3v) is 3.15. The van der Waals surface area contributed by atoms with Crippen LogP contribution in [0.5, 0.6) is 0 Å². The smallest absolute Gasteiger partial charge is 0.0184 e. The van der Waals surface area contributed by atoms with E-state index in [0.29, 0.717) is 0 Å². The molecule has 3 aromatic carbocycles. The highest BCUT2D eigenvalue weighted by molar-refractivity contribution is 5.81. The van der Waals surface area contributed by atoms with E-state index < -0.39 is 0 Å². The molecule has 0 bridgehead atoms. The Morgan fingerprint density at radius 2 is 1.21 bits per heavy atom. The van der Waals surface area contributed by atoms with Gasteiger partial charge in [0, 0.05) is 0 Å². The molecule has 0 atom stereocenters. The summed E-state index contributed by atoms with van der Waals surface area (Å²) in [5, 5.41) is 2.62. The molecule has 0 fully saturated rings. The lowest BCUT2D eigenvalue weighted by Gasteiger charge is -1.95. The van der Waals surface area contributed by atoms with Crippen molar-refractivity contribution in [1.29, 1.82) is 0 Å². The Balaban J connectivity index is 0.000000141. The monoisotopic (exact) mass is 248 g/mol. The summed E-state index contributed by atoms with van der Waals surface area (Å²) >= 11 is 0. The van der Waals surface area contributed by atoms with Crippen LogP contribution in [-0.4, -0.2) is 0 Å². The Kier molecular flexibility index (Phi) is 4.74. The van der Waals surface area contributed by atoms with Gasteiger partial charge in [-0.25, -0.2) is 0 Å². The number of fused-ring (bicyclic) bond motifs is 1. The van der Waals surface area contributed by atoms with Crippen LogP contribution < -0.4 is 0 Å². The quantitative estimate of drug-likeness (QED) is 0.541. The lowest BCUT2D eigenvalue weighted by Crippen LogP contribution is -1.78. The van der Waals surface area contributed by atoms with E-state index in [1.165, 1.54) is 21.9 Å². The van der Waals surface area contributed by atoms with Crippen molar-refractivity contribution < 1.29 is 0 Å². The molecule has 0 heteroatoms. The minimum Gasteiger partial charge on any atom is -0.0617 e. The first-order valence-electron chi connectivity index (χ1n) is 6.79. The first kappa shape index (κ1) is 13.4. The third-order valence-electron chi connectivity index (χ3n) is 3.15. The number of hydrogen-bond acceptors (Lipinski definition) is 0. The zero-order chi connectivity index (χ0) is 13.5. The molecule has 0 spiro atoms. The summed E-state index contributed by atoms with van der Waals surface area (Å²) in [5.74, 6) is 0. The van der Waals surface area contributed by atoms with Gasteiger partial charge >= 0.3 is 0 Å². The minimum atomic E-state index is 1.14. The van der Waals surface area contributed by atoms with Crippen molar-refractivity contribution in [3.8, 4) is 0 Å². The van der Waals surface area contributed by atoms with Crippen LogP contribution in [0.15, 0.2) is 72.8 Å². The lowest BCUT2D eigenvalue weighted by molar-refractivity contribution is 1.13. The second-order valence-electron chi connectivity index (χ2n) is 4.69. The fourth-order valence-electron chi connectivity index (χ4n) is 2.06. The summed E-state index contributed by atoms with van der Waals surface area (Å²) < 4.78 is 0. The lowest BCUT2D eigenvalue weighted by atomic mass is 10.1. The standard InChI is InChI=1S/C10H8.C9H12/c1-2-6-10-8-4-3-7-9(10)5-1;1-3-9-6-4-5-8(2)7-9/h1-8H;4-7H,3H2,1-2H3. The van der Waals surface area contributed by atoms with E-state index in [9.17, 15) is 0 Å². The van der Waals surface area contributed by atoms with Crippen molar-refractivity contribution >= 4 is 10.8 Å². The largest absolute Gasteiger partial charge is 0.0617 e.